The van der Waals surface area contributed by atoms with E-state index in [2.05, 4.69) is 15.6 Å². The van der Waals surface area contributed by atoms with Crippen molar-refractivity contribution in [2.24, 2.45) is 0 Å². The Kier molecular flexibility index (Phi) is 5.68. The summed E-state index contributed by atoms with van der Waals surface area (Å²) in [4.78, 5) is 25.1. The molecule has 1 aromatic carbocycles. The minimum Gasteiger partial charge on any atom is -0.478 e. The molecule has 9 heteroatoms. The molecule has 1 atom stereocenters. The van der Waals surface area contributed by atoms with Crippen LogP contribution in [0.3, 0.4) is 0 Å². The Hall–Kier alpha value is -3.72. The summed E-state index contributed by atoms with van der Waals surface area (Å²) in [6.07, 6.45) is 1.65. The van der Waals surface area contributed by atoms with E-state index < -0.39 is 5.97 Å². The molecule has 3 aromatic heterocycles. The Labute approximate surface area is 182 Å². The number of carboxylic acid groups (broad SMARTS) is 1. The van der Waals surface area contributed by atoms with Gasteiger partial charge in [-0.1, -0.05) is 29.0 Å². The fraction of sp³-hybridized carbons (Fsp3) is 0.182. The zero-order valence-electron chi connectivity index (χ0n) is 16.9. The van der Waals surface area contributed by atoms with Crippen LogP contribution in [0.25, 0.3) is 11.3 Å². The van der Waals surface area contributed by atoms with Gasteiger partial charge in [0.2, 0.25) is 0 Å². The molecule has 2 N–H and O–H groups in total. The van der Waals surface area contributed by atoms with Gasteiger partial charge in [-0.2, -0.15) is 0 Å². The third-order valence-corrected chi connectivity index (χ3v) is 5.80. The van der Waals surface area contributed by atoms with E-state index in [-0.39, 0.29) is 29.8 Å². The minimum absolute atomic E-state index is 0.114. The largest absolute Gasteiger partial charge is 0.478 e. The summed E-state index contributed by atoms with van der Waals surface area (Å²) < 4.78 is 7.21. The molecule has 158 valence electrons. The van der Waals surface area contributed by atoms with Crippen LogP contribution in [-0.2, 0) is 6.54 Å². The second-order valence-electron chi connectivity index (χ2n) is 7.13. The highest BCUT2D eigenvalue weighted by Crippen LogP contribution is 2.23. The lowest BCUT2D eigenvalue weighted by molar-refractivity contribution is 0.0697. The number of hydrogen-bond donors (Lipinski definition) is 2. The number of nitrogens with one attached hydrogen (secondary N) is 1. The van der Waals surface area contributed by atoms with E-state index in [1.54, 1.807) is 41.8 Å². The number of carbonyl (C=O) groups excluding carboxylic acids is 1. The molecule has 0 spiro atoms. The smallest absolute Gasteiger partial charge is 0.336 e. The van der Waals surface area contributed by atoms with Gasteiger partial charge in [0, 0.05) is 10.4 Å². The number of aromatic nitrogens is 3. The molecule has 0 fully saturated rings. The maximum atomic E-state index is 12.4. The highest BCUT2D eigenvalue weighted by atomic mass is 32.1. The SMILES string of the molecule is Cc1ccc(-c2cn(Cc3ccc(C(=O)NC(C)c4cccs4)o3)nn2)c(C(=O)O)c1. The van der Waals surface area contributed by atoms with E-state index in [0.717, 1.165) is 10.4 Å². The maximum Gasteiger partial charge on any atom is 0.336 e. The molecule has 3 heterocycles. The first-order valence-corrected chi connectivity index (χ1v) is 10.5. The molecule has 1 unspecified atom stereocenters. The number of aromatic carboxylic acids is 1. The van der Waals surface area contributed by atoms with Gasteiger partial charge in [0.05, 0.1) is 17.8 Å². The standard InChI is InChI=1S/C22H20N4O4S/c1-13-5-7-16(17(10-13)22(28)29)18-12-26(25-24-18)11-15-6-8-19(30-15)21(27)23-14(2)20-4-3-9-31-20/h3-10,12,14H,11H2,1-2H3,(H,23,27)(H,28,29). The van der Waals surface area contributed by atoms with Gasteiger partial charge in [-0.25, -0.2) is 9.48 Å². The van der Waals surface area contributed by atoms with Crippen LogP contribution in [0.1, 0.15) is 50.1 Å². The van der Waals surface area contributed by atoms with Gasteiger partial charge in [-0.15, -0.1) is 16.4 Å². The fourth-order valence-corrected chi connectivity index (χ4v) is 3.91. The van der Waals surface area contributed by atoms with Crippen LogP contribution in [0, 0.1) is 6.92 Å². The molecule has 0 bridgehead atoms. The van der Waals surface area contributed by atoms with Crippen LogP contribution in [0.5, 0.6) is 0 Å². The summed E-state index contributed by atoms with van der Waals surface area (Å²) in [5.74, 6) is -0.568. The highest BCUT2D eigenvalue weighted by molar-refractivity contribution is 7.10. The topological polar surface area (TPSA) is 110 Å². The number of nitrogens with zero attached hydrogens (tertiary/aromatic N) is 3. The van der Waals surface area contributed by atoms with Crippen molar-refractivity contribution in [2.75, 3.05) is 0 Å². The van der Waals surface area contributed by atoms with E-state index in [1.165, 1.54) is 4.68 Å². The first-order valence-electron chi connectivity index (χ1n) is 9.58. The molecule has 0 saturated heterocycles. The number of carbonyl (C=O) groups is 2. The number of thiophene rings is 1. The fourth-order valence-electron chi connectivity index (χ4n) is 3.18. The molecule has 0 aliphatic carbocycles. The molecule has 4 rings (SSSR count). The molecule has 31 heavy (non-hydrogen) atoms. The van der Waals surface area contributed by atoms with Gasteiger partial charge < -0.3 is 14.8 Å². The summed E-state index contributed by atoms with van der Waals surface area (Å²) in [7, 11) is 0. The average molecular weight is 436 g/mol. The number of aryl methyl sites for hydroxylation is 1. The Morgan fingerprint density at radius 3 is 2.84 bits per heavy atom. The van der Waals surface area contributed by atoms with E-state index in [4.69, 9.17) is 4.42 Å². The van der Waals surface area contributed by atoms with Gasteiger partial charge >= 0.3 is 5.97 Å². The predicted octanol–water partition coefficient (Wildman–Crippen LogP) is 4.15. The number of carboxylic acids is 1. The van der Waals surface area contributed by atoms with Crippen LogP contribution in [0.2, 0.25) is 0 Å². The molecule has 0 aliphatic heterocycles. The molecular weight excluding hydrogens is 416 g/mol. The number of furan rings is 1. The predicted molar refractivity (Wildman–Crippen MR) is 115 cm³/mol. The summed E-state index contributed by atoms with van der Waals surface area (Å²) in [5.41, 5.74) is 1.96. The van der Waals surface area contributed by atoms with Crippen LogP contribution < -0.4 is 5.32 Å². The van der Waals surface area contributed by atoms with Crippen molar-refractivity contribution in [1.82, 2.24) is 20.3 Å². The Morgan fingerprint density at radius 1 is 1.26 bits per heavy atom. The molecule has 4 aromatic rings. The van der Waals surface area contributed by atoms with Crippen molar-refractivity contribution in [2.45, 2.75) is 26.4 Å². The summed E-state index contributed by atoms with van der Waals surface area (Å²) in [6, 6.07) is 12.3. The highest BCUT2D eigenvalue weighted by Gasteiger charge is 2.17. The van der Waals surface area contributed by atoms with Gasteiger partial charge in [0.1, 0.15) is 18.0 Å². The van der Waals surface area contributed by atoms with Crippen molar-refractivity contribution in [3.8, 4) is 11.3 Å². The second-order valence-corrected chi connectivity index (χ2v) is 8.11. The first-order chi connectivity index (χ1) is 14.9. The van der Waals surface area contributed by atoms with Crippen molar-refractivity contribution >= 4 is 23.2 Å². The zero-order chi connectivity index (χ0) is 22.0. The molecule has 0 aliphatic rings. The van der Waals surface area contributed by atoms with Crippen molar-refractivity contribution in [1.29, 1.82) is 0 Å². The van der Waals surface area contributed by atoms with E-state index >= 15 is 0 Å². The Morgan fingerprint density at radius 2 is 2.10 bits per heavy atom. The van der Waals surface area contributed by atoms with E-state index in [1.807, 2.05) is 37.4 Å². The second kappa shape index (κ2) is 8.57. The zero-order valence-corrected chi connectivity index (χ0v) is 17.7. The molecule has 0 saturated carbocycles. The first kappa shape index (κ1) is 20.5. The molecule has 1 amide bonds. The van der Waals surface area contributed by atoms with Crippen molar-refractivity contribution < 1.29 is 19.1 Å². The molecule has 8 nitrogen and oxygen atoms in total. The third kappa shape index (κ3) is 4.56. The van der Waals surface area contributed by atoms with Crippen LogP contribution >= 0.6 is 11.3 Å². The van der Waals surface area contributed by atoms with Gasteiger partial charge in [0.25, 0.3) is 5.91 Å². The van der Waals surface area contributed by atoms with Gasteiger partial charge in [0.15, 0.2) is 5.76 Å². The van der Waals surface area contributed by atoms with E-state index in [0.29, 0.717) is 17.0 Å². The lowest BCUT2D eigenvalue weighted by Gasteiger charge is -2.10. The minimum atomic E-state index is -1.02. The lowest BCUT2D eigenvalue weighted by Crippen LogP contribution is -2.25. The summed E-state index contributed by atoms with van der Waals surface area (Å²) >= 11 is 1.58. The number of rotatable bonds is 7. The normalized spacial score (nSPS) is 11.9. The van der Waals surface area contributed by atoms with Crippen LogP contribution in [0.4, 0.5) is 0 Å². The Balaban J connectivity index is 1.46. The van der Waals surface area contributed by atoms with Crippen molar-refractivity contribution in [3.05, 3.63) is 81.6 Å². The maximum absolute atomic E-state index is 12.4. The average Bonchev–Trinajstić information content (AvgIpc) is 3.50. The quantitative estimate of drug-likeness (QED) is 0.450. The molecule has 0 radical (unpaired) electrons. The number of benzene rings is 1. The van der Waals surface area contributed by atoms with E-state index in [9.17, 15) is 14.7 Å². The van der Waals surface area contributed by atoms with Crippen molar-refractivity contribution in [3.63, 3.8) is 0 Å². The lowest BCUT2D eigenvalue weighted by atomic mass is 10.0. The number of hydrogen-bond acceptors (Lipinski definition) is 6. The number of amides is 1. The van der Waals surface area contributed by atoms with Crippen LogP contribution in [0.15, 0.2) is 58.5 Å². The van der Waals surface area contributed by atoms with Gasteiger partial charge in [-0.05, 0) is 43.5 Å². The summed E-state index contributed by atoms with van der Waals surface area (Å²) in [6.45, 7) is 4.01. The Bertz CT molecular complexity index is 1230. The van der Waals surface area contributed by atoms with Gasteiger partial charge in [-0.3, -0.25) is 4.79 Å². The monoisotopic (exact) mass is 436 g/mol. The third-order valence-electron chi connectivity index (χ3n) is 4.74. The summed E-state index contributed by atoms with van der Waals surface area (Å²) in [5, 5.41) is 22.5. The van der Waals surface area contributed by atoms with Crippen LogP contribution in [-0.4, -0.2) is 32.0 Å². The molecular formula is C22H20N4O4S.